The fraction of sp³-hybridized carbons (Fsp3) is 0.200. The maximum Gasteiger partial charge on any atom is 0.133 e. The minimum absolute atomic E-state index is 0.257. The van der Waals surface area contributed by atoms with Crippen LogP contribution in [0.4, 0.5) is 4.39 Å². The molecule has 0 aliphatic heterocycles. The highest BCUT2D eigenvalue weighted by Crippen LogP contribution is 2.36. The predicted molar refractivity (Wildman–Crippen MR) is 59.6 cm³/mol. The zero-order valence-corrected chi connectivity index (χ0v) is 8.96. The topological polar surface area (TPSA) is 26.0 Å². The third kappa shape index (κ3) is 1.52. The SMILES string of the molecule is NCCc1sc2cccc(F)c2c1Cl. The van der Waals surface area contributed by atoms with Gasteiger partial charge in [0, 0.05) is 15.0 Å². The van der Waals surface area contributed by atoms with Gasteiger partial charge in [-0.25, -0.2) is 4.39 Å². The van der Waals surface area contributed by atoms with Gasteiger partial charge in [0.25, 0.3) is 0 Å². The van der Waals surface area contributed by atoms with Crippen molar-refractivity contribution in [1.29, 1.82) is 0 Å². The smallest absolute Gasteiger partial charge is 0.133 e. The van der Waals surface area contributed by atoms with E-state index in [2.05, 4.69) is 0 Å². The first-order valence-electron chi connectivity index (χ1n) is 4.29. The average molecular weight is 230 g/mol. The van der Waals surface area contributed by atoms with Gasteiger partial charge in [-0.3, -0.25) is 0 Å². The minimum atomic E-state index is -0.257. The summed E-state index contributed by atoms with van der Waals surface area (Å²) in [6, 6.07) is 4.98. The fourth-order valence-corrected chi connectivity index (χ4v) is 2.99. The van der Waals surface area contributed by atoms with Crippen LogP contribution in [0.2, 0.25) is 5.02 Å². The van der Waals surface area contributed by atoms with E-state index in [0.717, 1.165) is 9.58 Å². The van der Waals surface area contributed by atoms with Gasteiger partial charge in [0.1, 0.15) is 5.82 Å². The average Bonchev–Trinajstić information content (AvgIpc) is 2.46. The first-order valence-corrected chi connectivity index (χ1v) is 5.49. The van der Waals surface area contributed by atoms with Crippen LogP contribution >= 0.6 is 22.9 Å². The summed E-state index contributed by atoms with van der Waals surface area (Å²) in [5.41, 5.74) is 5.44. The maximum atomic E-state index is 13.4. The highest BCUT2D eigenvalue weighted by molar-refractivity contribution is 7.19. The van der Waals surface area contributed by atoms with Crippen LogP contribution in [0.1, 0.15) is 4.88 Å². The van der Waals surface area contributed by atoms with E-state index >= 15 is 0 Å². The number of benzene rings is 1. The van der Waals surface area contributed by atoms with Crippen molar-refractivity contribution in [3.63, 3.8) is 0 Å². The summed E-state index contributed by atoms with van der Waals surface area (Å²) < 4.78 is 14.3. The zero-order valence-electron chi connectivity index (χ0n) is 7.39. The second kappa shape index (κ2) is 3.85. The molecule has 0 bridgehead atoms. The van der Waals surface area contributed by atoms with Gasteiger partial charge in [-0.15, -0.1) is 11.3 Å². The minimum Gasteiger partial charge on any atom is -0.330 e. The predicted octanol–water partition coefficient (Wildman–Crippen LogP) is 3.20. The Bertz CT molecular complexity index is 466. The monoisotopic (exact) mass is 229 g/mol. The third-order valence-corrected chi connectivity index (χ3v) is 3.79. The number of thiophene rings is 1. The van der Waals surface area contributed by atoms with E-state index in [1.54, 1.807) is 6.07 Å². The molecule has 1 aromatic heterocycles. The molecule has 2 rings (SSSR count). The molecule has 0 fully saturated rings. The van der Waals surface area contributed by atoms with Gasteiger partial charge in [0.2, 0.25) is 0 Å². The molecule has 0 atom stereocenters. The summed E-state index contributed by atoms with van der Waals surface area (Å²) in [5, 5.41) is 1.05. The van der Waals surface area contributed by atoms with Crippen molar-refractivity contribution in [3.8, 4) is 0 Å². The van der Waals surface area contributed by atoms with Gasteiger partial charge in [-0.2, -0.15) is 0 Å². The Kier molecular flexibility index (Phi) is 2.72. The second-order valence-corrected chi connectivity index (χ2v) is 4.51. The van der Waals surface area contributed by atoms with Crippen molar-refractivity contribution in [3.05, 3.63) is 33.9 Å². The van der Waals surface area contributed by atoms with Crippen molar-refractivity contribution in [2.75, 3.05) is 6.54 Å². The van der Waals surface area contributed by atoms with Crippen LogP contribution in [-0.4, -0.2) is 6.54 Å². The molecule has 0 aliphatic carbocycles. The Labute approximate surface area is 90.3 Å². The van der Waals surface area contributed by atoms with Gasteiger partial charge >= 0.3 is 0 Å². The van der Waals surface area contributed by atoms with Crippen LogP contribution < -0.4 is 5.73 Å². The van der Waals surface area contributed by atoms with Crippen LogP contribution in [0.5, 0.6) is 0 Å². The van der Waals surface area contributed by atoms with Crippen LogP contribution in [0.3, 0.4) is 0 Å². The molecule has 0 unspecified atom stereocenters. The van der Waals surface area contributed by atoms with Gasteiger partial charge in [-0.05, 0) is 25.1 Å². The van der Waals surface area contributed by atoms with E-state index in [1.165, 1.54) is 17.4 Å². The van der Waals surface area contributed by atoms with Crippen molar-refractivity contribution in [2.45, 2.75) is 6.42 Å². The van der Waals surface area contributed by atoms with Crippen LogP contribution in [0.25, 0.3) is 10.1 Å². The number of nitrogens with two attached hydrogens (primary N) is 1. The fourth-order valence-electron chi connectivity index (χ4n) is 1.41. The molecule has 1 heterocycles. The quantitative estimate of drug-likeness (QED) is 0.841. The molecule has 74 valence electrons. The van der Waals surface area contributed by atoms with E-state index in [9.17, 15) is 4.39 Å². The van der Waals surface area contributed by atoms with E-state index < -0.39 is 0 Å². The van der Waals surface area contributed by atoms with E-state index in [4.69, 9.17) is 17.3 Å². The second-order valence-electron chi connectivity index (χ2n) is 2.99. The van der Waals surface area contributed by atoms with Gasteiger partial charge in [0.05, 0.1) is 5.02 Å². The molecule has 2 N–H and O–H groups in total. The molecule has 1 aromatic carbocycles. The number of halogens is 2. The first kappa shape index (κ1) is 9.90. The molecule has 0 radical (unpaired) electrons. The molecule has 0 amide bonds. The Hall–Kier alpha value is -0.640. The lowest BCUT2D eigenvalue weighted by Crippen LogP contribution is -2.01. The highest BCUT2D eigenvalue weighted by Gasteiger charge is 2.12. The molecular weight excluding hydrogens is 221 g/mol. The molecule has 0 saturated carbocycles. The summed E-state index contributed by atoms with van der Waals surface area (Å²) in [5.74, 6) is -0.257. The third-order valence-electron chi connectivity index (χ3n) is 2.04. The maximum absolute atomic E-state index is 13.4. The Morgan fingerprint density at radius 3 is 2.86 bits per heavy atom. The molecular formula is C10H9ClFNS. The first-order chi connectivity index (χ1) is 6.74. The molecule has 14 heavy (non-hydrogen) atoms. The lowest BCUT2D eigenvalue weighted by molar-refractivity contribution is 0.640. The van der Waals surface area contributed by atoms with Crippen molar-refractivity contribution < 1.29 is 4.39 Å². The van der Waals surface area contributed by atoms with E-state index in [0.29, 0.717) is 23.4 Å². The summed E-state index contributed by atoms with van der Waals surface area (Å²) in [6.07, 6.45) is 0.706. The largest absolute Gasteiger partial charge is 0.330 e. The lowest BCUT2D eigenvalue weighted by Gasteiger charge is -1.93. The molecule has 0 aliphatic rings. The zero-order chi connectivity index (χ0) is 10.1. The van der Waals surface area contributed by atoms with Crippen LogP contribution in [-0.2, 0) is 6.42 Å². The number of hydrogen-bond acceptors (Lipinski definition) is 2. The van der Waals surface area contributed by atoms with Crippen molar-refractivity contribution in [1.82, 2.24) is 0 Å². The number of rotatable bonds is 2. The molecule has 0 spiro atoms. The Balaban J connectivity index is 2.68. The normalized spacial score (nSPS) is 11.1. The van der Waals surface area contributed by atoms with E-state index in [1.807, 2.05) is 6.07 Å². The van der Waals surface area contributed by atoms with E-state index in [-0.39, 0.29) is 5.82 Å². The highest BCUT2D eigenvalue weighted by atomic mass is 35.5. The van der Waals surface area contributed by atoms with Gasteiger partial charge in [-0.1, -0.05) is 17.7 Å². The molecule has 1 nitrogen and oxygen atoms in total. The summed E-state index contributed by atoms with van der Waals surface area (Å²) in [7, 11) is 0. The molecule has 0 saturated heterocycles. The van der Waals surface area contributed by atoms with Crippen LogP contribution in [0.15, 0.2) is 18.2 Å². The van der Waals surface area contributed by atoms with Crippen molar-refractivity contribution >= 4 is 33.0 Å². The summed E-state index contributed by atoms with van der Waals surface area (Å²) in [4.78, 5) is 0.967. The van der Waals surface area contributed by atoms with Crippen LogP contribution in [0, 0.1) is 5.82 Å². The molecule has 4 heteroatoms. The van der Waals surface area contributed by atoms with Gasteiger partial charge in [0.15, 0.2) is 0 Å². The number of fused-ring (bicyclic) bond motifs is 1. The number of hydrogen-bond donors (Lipinski definition) is 1. The summed E-state index contributed by atoms with van der Waals surface area (Å²) in [6.45, 7) is 0.536. The standard InChI is InChI=1S/C10H9ClFNS/c11-10-8(4-5-13)14-7-3-1-2-6(12)9(7)10/h1-3H,4-5,13H2. The Morgan fingerprint density at radius 2 is 2.21 bits per heavy atom. The van der Waals surface area contributed by atoms with Gasteiger partial charge < -0.3 is 5.73 Å². The summed E-state index contributed by atoms with van der Waals surface area (Å²) >= 11 is 7.57. The lowest BCUT2D eigenvalue weighted by atomic mass is 10.2. The van der Waals surface area contributed by atoms with Crippen molar-refractivity contribution in [2.24, 2.45) is 5.73 Å². The molecule has 2 aromatic rings. The Morgan fingerprint density at radius 1 is 1.43 bits per heavy atom.